The van der Waals surface area contributed by atoms with Gasteiger partial charge in [-0.3, -0.25) is 9.78 Å². The number of aromatic nitrogens is 1. The minimum atomic E-state index is -0.233. The first-order valence-electron chi connectivity index (χ1n) is 7.15. The molecule has 0 aliphatic heterocycles. The van der Waals surface area contributed by atoms with Crippen LogP contribution in [0.1, 0.15) is 31.7 Å². The minimum Gasteiger partial charge on any atom is -0.349 e. The Morgan fingerprint density at radius 1 is 1.45 bits per heavy atom. The fourth-order valence-corrected chi connectivity index (χ4v) is 2.02. The number of hydrogen-bond donors (Lipinski definition) is 1. The number of amides is 1. The lowest BCUT2D eigenvalue weighted by molar-refractivity contribution is -0.124. The van der Waals surface area contributed by atoms with Crippen LogP contribution >= 0.6 is 0 Å². The van der Waals surface area contributed by atoms with Crippen LogP contribution in [0.15, 0.2) is 49.8 Å². The van der Waals surface area contributed by atoms with Gasteiger partial charge in [0.05, 0.1) is 5.92 Å². The molecule has 3 heteroatoms. The molecule has 108 valence electrons. The molecule has 0 aliphatic carbocycles. The second-order valence-corrected chi connectivity index (χ2v) is 4.90. The molecular weight excluding hydrogens is 248 g/mol. The van der Waals surface area contributed by atoms with E-state index in [0.717, 1.165) is 24.8 Å². The molecule has 0 aromatic carbocycles. The summed E-state index contributed by atoms with van der Waals surface area (Å²) in [6.45, 7) is 9.69. The van der Waals surface area contributed by atoms with Crippen LogP contribution in [0.2, 0.25) is 0 Å². The Morgan fingerprint density at radius 3 is 2.80 bits per heavy atom. The predicted octanol–water partition coefficient (Wildman–Crippen LogP) is 3.29. The summed E-state index contributed by atoms with van der Waals surface area (Å²) in [5.74, 6) is -0.229. The van der Waals surface area contributed by atoms with Crippen LogP contribution in [0, 0.1) is 5.92 Å². The van der Waals surface area contributed by atoms with Crippen molar-refractivity contribution in [2.24, 2.45) is 5.92 Å². The van der Waals surface area contributed by atoms with Gasteiger partial charge in [0.25, 0.3) is 0 Å². The van der Waals surface area contributed by atoms with Gasteiger partial charge < -0.3 is 5.32 Å². The second kappa shape index (κ2) is 9.08. The summed E-state index contributed by atoms with van der Waals surface area (Å²) in [7, 11) is 0. The summed E-state index contributed by atoms with van der Waals surface area (Å²) < 4.78 is 0. The third kappa shape index (κ3) is 5.39. The van der Waals surface area contributed by atoms with Crippen molar-refractivity contribution >= 4 is 5.91 Å². The van der Waals surface area contributed by atoms with E-state index in [9.17, 15) is 4.79 Å². The monoisotopic (exact) mass is 272 g/mol. The van der Waals surface area contributed by atoms with Crippen LogP contribution in [0.3, 0.4) is 0 Å². The predicted molar refractivity (Wildman–Crippen MR) is 83.3 cm³/mol. The molecule has 1 rings (SSSR count). The molecule has 1 unspecified atom stereocenters. The highest BCUT2D eigenvalue weighted by Gasteiger charge is 2.17. The van der Waals surface area contributed by atoms with E-state index in [1.165, 1.54) is 0 Å². The van der Waals surface area contributed by atoms with E-state index in [4.69, 9.17) is 0 Å². The summed E-state index contributed by atoms with van der Waals surface area (Å²) >= 11 is 0. The van der Waals surface area contributed by atoms with Crippen molar-refractivity contribution in [2.75, 3.05) is 0 Å². The number of hydrogen-bond acceptors (Lipinski definition) is 2. The zero-order chi connectivity index (χ0) is 14.8. The molecule has 2 atom stereocenters. The highest BCUT2D eigenvalue weighted by atomic mass is 16.1. The first kappa shape index (κ1) is 16.2. The number of rotatable bonds is 9. The number of pyridine rings is 1. The van der Waals surface area contributed by atoms with Gasteiger partial charge in [0.2, 0.25) is 5.91 Å². The van der Waals surface area contributed by atoms with Crippen LogP contribution < -0.4 is 5.32 Å². The third-order valence-corrected chi connectivity index (χ3v) is 3.28. The maximum absolute atomic E-state index is 12.3. The first-order chi connectivity index (χ1) is 9.71. The molecule has 3 nitrogen and oxygen atoms in total. The summed E-state index contributed by atoms with van der Waals surface area (Å²) in [5.41, 5.74) is 1.04. The van der Waals surface area contributed by atoms with E-state index in [2.05, 4.69) is 30.4 Å². The third-order valence-electron chi connectivity index (χ3n) is 3.28. The Labute approximate surface area is 121 Å². The Kier molecular flexibility index (Phi) is 7.33. The van der Waals surface area contributed by atoms with Gasteiger partial charge in [0, 0.05) is 18.4 Å². The quantitative estimate of drug-likeness (QED) is 0.701. The Morgan fingerprint density at radius 2 is 2.25 bits per heavy atom. The van der Waals surface area contributed by atoms with Crippen LogP contribution in [0.25, 0.3) is 0 Å². The van der Waals surface area contributed by atoms with Gasteiger partial charge >= 0.3 is 0 Å². The summed E-state index contributed by atoms with van der Waals surface area (Å²) in [6, 6.07) is 3.89. The number of unbranched alkanes of at least 4 members (excludes halogenated alkanes) is 1. The highest BCUT2D eigenvalue weighted by molar-refractivity contribution is 5.81. The van der Waals surface area contributed by atoms with E-state index in [-0.39, 0.29) is 17.9 Å². The molecule has 20 heavy (non-hydrogen) atoms. The standard InChI is InChI=1S/C17H24N2O/c1-4-7-10-16(6-3)19-17(20)15(5-2)12-14-9-8-11-18-13-14/h5-6,8-9,11,13,15-16H,2-4,7,10,12H2,1H3,(H,19,20)/t15?,16-/m1/s1. The Hall–Kier alpha value is -1.90. The molecule has 0 fully saturated rings. The lowest BCUT2D eigenvalue weighted by atomic mass is 9.99. The fourth-order valence-electron chi connectivity index (χ4n) is 2.02. The SMILES string of the molecule is C=CC(Cc1cccnc1)C(=O)N[C@H](C=C)CCCC. The van der Waals surface area contributed by atoms with Gasteiger partial charge in [0.1, 0.15) is 0 Å². The van der Waals surface area contributed by atoms with Gasteiger partial charge in [-0.05, 0) is 24.5 Å². The molecule has 0 bridgehead atoms. The number of carbonyl (C=O) groups excluding carboxylic acids is 1. The minimum absolute atomic E-state index is 0.00450. The molecule has 0 spiro atoms. The van der Waals surface area contributed by atoms with Crippen LogP contribution in [0.5, 0.6) is 0 Å². The molecule has 0 aliphatic rings. The topological polar surface area (TPSA) is 42.0 Å². The van der Waals surface area contributed by atoms with E-state index in [1.54, 1.807) is 24.5 Å². The molecule has 1 heterocycles. The zero-order valence-corrected chi connectivity index (χ0v) is 12.2. The van der Waals surface area contributed by atoms with Crippen LogP contribution in [0.4, 0.5) is 0 Å². The van der Waals surface area contributed by atoms with Crippen molar-refractivity contribution in [1.29, 1.82) is 0 Å². The zero-order valence-electron chi connectivity index (χ0n) is 12.2. The van der Waals surface area contributed by atoms with Crippen LogP contribution in [-0.4, -0.2) is 16.9 Å². The molecule has 1 N–H and O–H groups in total. The maximum atomic E-state index is 12.3. The van der Waals surface area contributed by atoms with Crippen LogP contribution in [-0.2, 0) is 11.2 Å². The van der Waals surface area contributed by atoms with E-state index < -0.39 is 0 Å². The van der Waals surface area contributed by atoms with Crippen molar-refractivity contribution < 1.29 is 4.79 Å². The molecule has 0 radical (unpaired) electrons. The van der Waals surface area contributed by atoms with Crippen molar-refractivity contribution in [3.63, 3.8) is 0 Å². The number of carbonyl (C=O) groups is 1. The van der Waals surface area contributed by atoms with Crippen molar-refractivity contribution in [3.8, 4) is 0 Å². The molecule has 1 aromatic rings. The Balaban J connectivity index is 2.58. The van der Waals surface area contributed by atoms with E-state index in [1.807, 2.05) is 12.1 Å². The fraction of sp³-hybridized carbons (Fsp3) is 0.412. The molecule has 0 saturated heterocycles. The average molecular weight is 272 g/mol. The molecule has 0 saturated carbocycles. The molecular formula is C17H24N2O. The van der Waals surface area contributed by atoms with Gasteiger partial charge in [-0.2, -0.15) is 0 Å². The first-order valence-corrected chi connectivity index (χ1v) is 7.15. The largest absolute Gasteiger partial charge is 0.349 e. The summed E-state index contributed by atoms with van der Waals surface area (Å²) in [5, 5.41) is 3.02. The van der Waals surface area contributed by atoms with Crippen molar-refractivity contribution in [2.45, 2.75) is 38.6 Å². The van der Waals surface area contributed by atoms with Gasteiger partial charge in [0.15, 0.2) is 0 Å². The second-order valence-electron chi connectivity index (χ2n) is 4.90. The smallest absolute Gasteiger partial charge is 0.227 e. The Bertz CT molecular complexity index is 428. The van der Waals surface area contributed by atoms with E-state index >= 15 is 0 Å². The van der Waals surface area contributed by atoms with Crippen molar-refractivity contribution in [1.82, 2.24) is 10.3 Å². The van der Waals surface area contributed by atoms with Crippen molar-refractivity contribution in [3.05, 3.63) is 55.4 Å². The normalized spacial score (nSPS) is 13.2. The summed E-state index contributed by atoms with van der Waals surface area (Å²) in [6.07, 6.45) is 10.8. The highest BCUT2D eigenvalue weighted by Crippen LogP contribution is 2.10. The summed E-state index contributed by atoms with van der Waals surface area (Å²) in [4.78, 5) is 16.3. The van der Waals surface area contributed by atoms with Gasteiger partial charge in [-0.1, -0.05) is 38.0 Å². The lowest BCUT2D eigenvalue weighted by Crippen LogP contribution is -2.37. The molecule has 1 amide bonds. The maximum Gasteiger partial charge on any atom is 0.227 e. The van der Waals surface area contributed by atoms with Gasteiger partial charge in [-0.15, -0.1) is 13.2 Å². The van der Waals surface area contributed by atoms with E-state index in [0.29, 0.717) is 6.42 Å². The number of nitrogens with one attached hydrogen (secondary N) is 1. The lowest BCUT2D eigenvalue weighted by Gasteiger charge is -2.18. The molecule has 1 aromatic heterocycles. The average Bonchev–Trinajstić information content (AvgIpc) is 2.49. The van der Waals surface area contributed by atoms with Gasteiger partial charge in [-0.25, -0.2) is 0 Å². The number of nitrogens with zero attached hydrogens (tertiary/aromatic N) is 1.